The van der Waals surface area contributed by atoms with E-state index in [1.54, 1.807) is 0 Å². The third-order valence-electron chi connectivity index (χ3n) is 3.93. The van der Waals surface area contributed by atoms with Crippen molar-refractivity contribution >= 4 is 22.8 Å². The molecule has 0 aliphatic rings. The van der Waals surface area contributed by atoms with Gasteiger partial charge in [-0.3, -0.25) is 4.68 Å². The van der Waals surface area contributed by atoms with Crippen LogP contribution in [0.4, 0.5) is 0 Å². The Morgan fingerprint density at radius 1 is 1.25 bits per heavy atom. The molecule has 0 N–H and O–H groups in total. The molecule has 0 saturated heterocycles. The number of rotatable bonds is 7. The van der Waals surface area contributed by atoms with Crippen molar-refractivity contribution in [3.8, 4) is 0 Å². The molecule has 20 heavy (non-hydrogen) atoms. The van der Waals surface area contributed by atoms with Crippen LogP contribution in [0.2, 0.25) is 0 Å². The summed E-state index contributed by atoms with van der Waals surface area (Å²) in [5, 5.41) is 4.57. The van der Waals surface area contributed by atoms with Gasteiger partial charge in [0.2, 0.25) is 0 Å². The summed E-state index contributed by atoms with van der Waals surface area (Å²) in [7, 11) is 2.00. The number of alkyl halides is 1. The van der Waals surface area contributed by atoms with Crippen molar-refractivity contribution < 1.29 is 0 Å². The summed E-state index contributed by atoms with van der Waals surface area (Å²) < 4.78 is 4.23. The Morgan fingerprint density at radius 2 is 2.00 bits per heavy atom. The van der Waals surface area contributed by atoms with Gasteiger partial charge in [0.1, 0.15) is 11.3 Å². The fourth-order valence-electron chi connectivity index (χ4n) is 2.86. The van der Waals surface area contributed by atoms with Gasteiger partial charge < -0.3 is 4.57 Å². The number of aryl methyl sites for hydroxylation is 2. The van der Waals surface area contributed by atoms with Crippen molar-refractivity contribution in [2.24, 2.45) is 7.05 Å². The molecule has 2 rings (SSSR count). The molecule has 5 heteroatoms. The molecule has 0 radical (unpaired) electrons. The van der Waals surface area contributed by atoms with Gasteiger partial charge in [-0.05, 0) is 19.8 Å². The second kappa shape index (κ2) is 6.61. The molecule has 112 valence electrons. The molecule has 0 amide bonds. The lowest BCUT2D eigenvalue weighted by molar-refractivity contribution is 0.470. The van der Waals surface area contributed by atoms with Crippen LogP contribution in [0.1, 0.15) is 64.0 Å². The second-order valence-electron chi connectivity index (χ2n) is 5.47. The molecule has 2 heterocycles. The lowest BCUT2D eigenvalue weighted by Gasteiger charge is -2.16. The van der Waals surface area contributed by atoms with Gasteiger partial charge in [0.05, 0.1) is 11.6 Å². The van der Waals surface area contributed by atoms with Gasteiger partial charge in [0, 0.05) is 13.1 Å². The van der Waals surface area contributed by atoms with E-state index in [1.807, 2.05) is 11.7 Å². The number of hydrogen-bond acceptors (Lipinski definition) is 2. The Bertz CT molecular complexity index is 570. The summed E-state index contributed by atoms with van der Waals surface area (Å²) in [6, 6.07) is 0.417. The van der Waals surface area contributed by atoms with E-state index < -0.39 is 0 Å². The van der Waals surface area contributed by atoms with Gasteiger partial charge in [-0.15, -0.1) is 11.6 Å². The molecular weight excluding hydrogens is 272 g/mol. The molecule has 0 aromatic carbocycles. The van der Waals surface area contributed by atoms with Crippen molar-refractivity contribution in [1.82, 2.24) is 19.3 Å². The quantitative estimate of drug-likeness (QED) is 0.567. The van der Waals surface area contributed by atoms with Crippen LogP contribution in [-0.2, 0) is 19.3 Å². The van der Waals surface area contributed by atoms with E-state index >= 15 is 0 Å². The Kier molecular flexibility index (Phi) is 5.08. The van der Waals surface area contributed by atoms with Crippen LogP contribution in [0.5, 0.6) is 0 Å². The zero-order chi connectivity index (χ0) is 14.7. The van der Waals surface area contributed by atoms with Crippen LogP contribution >= 0.6 is 11.6 Å². The van der Waals surface area contributed by atoms with E-state index in [1.165, 1.54) is 19.3 Å². The minimum atomic E-state index is 0.417. The average Bonchev–Trinajstić information content (AvgIpc) is 2.96. The Morgan fingerprint density at radius 3 is 2.60 bits per heavy atom. The number of aromatic nitrogens is 4. The minimum Gasteiger partial charge on any atom is -0.309 e. The Hall–Kier alpha value is -1.03. The number of fused-ring (bicyclic) bond motifs is 1. The summed E-state index contributed by atoms with van der Waals surface area (Å²) >= 11 is 6.10. The van der Waals surface area contributed by atoms with Crippen molar-refractivity contribution in [1.29, 1.82) is 0 Å². The number of halogens is 1. The molecule has 0 fully saturated rings. The molecular formula is C15H25ClN4. The molecule has 2 aromatic rings. The predicted octanol–water partition coefficient (Wildman–Crippen LogP) is 4.21. The molecule has 2 aromatic heterocycles. The first kappa shape index (κ1) is 15.4. The monoisotopic (exact) mass is 296 g/mol. The molecule has 0 bridgehead atoms. The van der Waals surface area contributed by atoms with E-state index in [4.69, 9.17) is 16.6 Å². The topological polar surface area (TPSA) is 35.6 Å². The summed E-state index contributed by atoms with van der Waals surface area (Å²) in [6.45, 7) is 6.61. The van der Waals surface area contributed by atoms with Gasteiger partial charge in [-0.2, -0.15) is 5.10 Å². The van der Waals surface area contributed by atoms with Crippen LogP contribution in [0.3, 0.4) is 0 Å². The highest BCUT2D eigenvalue weighted by molar-refractivity contribution is 6.16. The summed E-state index contributed by atoms with van der Waals surface area (Å²) in [5.41, 5.74) is 3.20. The highest BCUT2D eigenvalue weighted by atomic mass is 35.5. The first-order chi connectivity index (χ1) is 9.63. The third kappa shape index (κ3) is 2.71. The van der Waals surface area contributed by atoms with Crippen molar-refractivity contribution in [2.45, 2.75) is 64.8 Å². The largest absolute Gasteiger partial charge is 0.309 e. The van der Waals surface area contributed by atoms with E-state index in [0.29, 0.717) is 11.9 Å². The van der Waals surface area contributed by atoms with Gasteiger partial charge >= 0.3 is 0 Å². The van der Waals surface area contributed by atoms with Crippen LogP contribution in [-0.4, -0.2) is 19.3 Å². The Labute approximate surface area is 126 Å². The number of imidazole rings is 1. The summed E-state index contributed by atoms with van der Waals surface area (Å²) in [5.74, 6) is 1.42. The SMILES string of the molecule is CCCCCC(C)n1c(CCl)nc2c(CC)nn(C)c21. The van der Waals surface area contributed by atoms with Gasteiger partial charge in [0.25, 0.3) is 0 Å². The average molecular weight is 297 g/mol. The smallest absolute Gasteiger partial charge is 0.158 e. The predicted molar refractivity (Wildman–Crippen MR) is 84.3 cm³/mol. The van der Waals surface area contributed by atoms with Crippen LogP contribution < -0.4 is 0 Å². The number of nitrogens with zero attached hydrogens (tertiary/aromatic N) is 4. The summed E-state index contributed by atoms with van der Waals surface area (Å²) in [4.78, 5) is 4.72. The van der Waals surface area contributed by atoms with Crippen LogP contribution in [0, 0.1) is 0 Å². The molecule has 0 spiro atoms. The van der Waals surface area contributed by atoms with E-state index in [9.17, 15) is 0 Å². The van der Waals surface area contributed by atoms with Crippen molar-refractivity contribution in [3.05, 3.63) is 11.5 Å². The van der Waals surface area contributed by atoms with Crippen molar-refractivity contribution in [3.63, 3.8) is 0 Å². The highest BCUT2D eigenvalue weighted by Gasteiger charge is 2.21. The van der Waals surface area contributed by atoms with E-state index in [2.05, 4.69) is 30.4 Å². The molecule has 1 unspecified atom stereocenters. The van der Waals surface area contributed by atoms with E-state index in [0.717, 1.165) is 35.5 Å². The summed E-state index contributed by atoms with van der Waals surface area (Å²) in [6.07, 6.45) is 5.85. The maximum Gasteiger partial charge on any atom is 0.158 e. The molecule has 0 aliphatic carbocycles. The minimum absolute atomic E-state index is 0.417. The standard InChI is InChI=1S/C15H25ClN4/c1-5-7-8-9-11(3)20-13(10-16)17-14-12(6-2)18-19(4)15(14)20/h11H,5-10H2,1-4H3. The number of unbranched alkanes of at least 4 members (excludes halogenated alkanes) is 2. The fraction of sp³-hybridized carbons (Fsp3) is 0.733. The van der Waals surface area contributed by atoms with Crippen LogP contribution in [0.25, 0.3) is 11.2 Å². The molecule has 4 nitrogen and oxygen atoms in total. The van der Waals surface area contributed by atoms with Crippen LogP contribution in [0.15, 0.2) is 0 Å². The van der Waals surface area contributed by atoms with E-state index in [-0.39, 0.29) is 0 Å². The fourth-order valence-corrected chi connectivity index (χ4v) is 3.05. The normalized spacial score (nSPS) is 13.2. The van der Waals surface area contributed by atoms with Crippen molar-refractivity contribution in [2.75, 3.05) is 0 Å². The second-order valence-corrected chi connectivity index (χ2v) is 5.74. The lowest BCUT2D eigenvalue weighted by Crippen LogP contribution is -2.11. The molecule has 0 saturated carbocycles. The zero-order valence-corrected chi connectivity index (χ0v) is 13.7. The highest BCUT2D eigenvalue weighted by Crippen LogP contribution is 2.27. The molecule has 0 aliphatic heterocycles. The van der Waals surface area contributed by atoms with Gasteiger partial charge in [-0.1, -0.05) is 33.1 Å². The first-order valence-corrected chi connectivity index (χ1v) is 8.16. The zero-order valence-electron chi connectivity index (χ0n) is 13.0. The van der Waals surface area contributed by atoms with Gasteiger partial charge in [0.15, 0.2) is 5.65 Å². The first-order valence-electron chi connectivity index (χ1n) is 7.62. The van der Waals surface area contributed by atoms with Gasteiger partial charge in [-0.25, -0.2) is 4.98 Å². The Balaban J connectivity index is 2.41. The third-order valence-corrected chi connectivity index (χ3v) is 4.17. The maximum absolute atomic E-state index is 6.10. The maximum atomic E-state index is 6.10. The lowest BCUT2D eigenvalue weighted by atomic mass is 10.1. The molecule has 1 atom stereocenters. The number of hydrogen-bond donors (Lipinski definition) is 0.